The van der Waals surface area contributed by atoms with Gasteiger partial charge >= 0.3 is 0 Å². The van der Waals surface area contributed by atoms with E-state index in [-0.39, 0.29) is 15.7 Å². The van der Waals surface area contributed by atoms with E-state index in [0.717, 1.165) is 11.3 Å². The van der Waals surface area contributed by atoms with Crippen molar-refractivity contribution in [2.75, 3.05) is 0 Å². The van der Waals surface area contributed by atoms with Crippen molar-refractivity contribution in [2.45, 2.75) is 20.4 Å². The van der Waals surface area contributed by atoms with Crippen LogP contribution >= 0.6 is 23.2 Å². The molecule has 2 aromatic rings. The Labute approximate surface area is 107 Å². The molecule has 0 saturated carbocycles. The average molecular weight is 274 g/mol. The second kappa shape index (κ2) is 4.50. The van der Waals surface area contributed by atoms with Crippen LogP contribution in [-0.2, 0) is 6.54 Å². The van der Waals surface area contributed by atoms with E-state index in [1.165, 1.54) is 10.9 Å². The molecule has 90 valence electrons. The van der Waals surface area contributed by atoms with Gasteiger partial charge in [0.15, 0.2) is 5.15 Å². The van der Waals surface area contributed by atoms with Gasteiger partial charge in [-0.15, -0.1) is 0 Å². The van der Waals surface area contributed by atoms with Crippen molar-refractivity contribution in [1.29, 1.82) is 0 Å². The summed E-state index contributed by atoms with van der Waals surface area (Å²) in [6.07, 6.45) is 1.35. The van der Waals surface area contributed by atoms with Gasteiger partial charge in [0.2, 0.25) is 0 Å². The summed E-state index contributed by atoms with van der Waals surface area (Å²) in [6.45, 7) is 3.90. The normalized spacial score (nSPS) is 10.8. The molecule has 0 aliphatic heterocycles. The lowest BCUT2D eigenvalue weighted by Crippen LogP contribution is -2.22. The Morgan fingerprint density at radius 1 is 1.41 bits per heavy atom. The summed E-state index contributed by atoms with van der Waals surface area (Å²) in [4.78, 5) is 15.6. The van der Waals surface area contributed by atoms with Crippen LogP contribution in [0.25, 0.3) is 0 Å². The van der Waals surface area contributed by atoms with Gasteiger partial charge < -0.3 is 4.52 Å². The zero-order valence-electron chi connectivity index (χ0n) is 9.20. The molecule has 2 heterocycles. The first-order chi connectivity index (χ1) is 8.00. The lowest BCUT2D eigenvalue weighted by molar-refractivity contribution is 0.392. The number of aromatic nitrogens is 3. The summed E-state index contributed by atoms with van der Waals surface area (Å²) in [7, 11) is 0. The topological polar surface area (TPSA) is 60.9 Å². The summed E-state index contributed by atoms with van der Waals surface area (Å²) in [6, 6.07) is 0. The van der Waals surface area contributed by atoms with Gasteiger partial charge in [-0.2, -0.15) is 0 Å². The van der Waals surface area contributed by atoms with E-state index in [0.29, 0.717) is 12.3 Å². The molecule has 0 amide bonds. The van der Waals surface area contributed by atoms with E-state index in [2.05, 4.69) is 10.1 Å². The van der Waals surface area contributed by atoms with Gasteiger partial charge in [0, 0.05) is 5.56 Å². The van der Waals surface area contributed by atoms with Crippen LogP contribution < -0.4 is 5.56 Å². The molecule has 17 heavy (non-hydrogen) atoms. The third-order valence-electron chi connectivity index (χ3n) is 2.45. The molecular formula is C10H9Cl2N3O2. The second-order valence-electron chi connectivity index (χ2n) is 3.59. The standard InChI is InChI=1S/C10H9Cl2N3O2/c1-5-7(6(2)17-14-5)3-15-4-13-9(12)8(11)10(15)16/h4H,3H2,1-2H3. The molecular weight excluding hydrogens is 265 g/mol. The summed E-state index contributed by atoms with van der Waals surface area (Å²) < 4.78 is 6.38. The number of hydrogen-bond acceptors (Lipinski definition) is 4. The summed E-state index contributed by atoms with van der Waals surface area (Å²) in [5, 5.41) is 3.74. The van der Waals surface area contributed by atoms with E-state index in [1.54, 1.807) is 6.92 Å². The average Bonchev–Trinajstić information content (AvgIpc) is 2.61. The number of hydrogen-bond donors (Lipinski definition) is 0. The van der Waals surface area contributed by atoms with Crippen LogP contribution in [-0.4, -0.2) is 14.7 Å². The molecule has 2 rings (SSSR count). The van der Waals surface area contributed by atoms with Gasteiger partial charge in [0.25, 0.3) is 5.56 Å². The highest BCUT2D eigenvalue weighted by Gasteiger charge is 2.13. The Morgan fingerprint density at radius 2 is 2.12 bits per heavy atom. The Balaban J connectivity index is 2.44. The molecule has 0 saturated heterocycles. The van der Waals surface area contributed by atoms with Crippen molar-refractivity contribution in [2.24, 2.45) is 0 Å². The van der Waals surface area contributed by atoms with Crippen molar-refractivity contribution in [3.63, 3.8) is 0 Å². The largest absolute Gasteiger partial charge is 0.361 e. The Hall–Kier alpha value is -1.33. The van der Waals surface area contributed by atoms with Crippen molar-refractivity contribution in [1.82, 2.24) is 14.7 Å². The third kappa shape index (κ3) is 2.21. The van der Waals surface area contributed by atoms with Crippen LogP contribution in [0.2, 0.25) is 10.2 Å². The number of rotatable bonds is 2. The molecule has 0 unspecified atom stereocenters. The SMILES string of the molecule is Cc1noc(C)c1Cn1cnc(Cl)c(Cl)c1=O. The fourth-order valence-electron chi connectivity index (χ4n) is 1.45. The first-order valence-electron chi connectivity index (χ1n) is 4.83. The van der Waals surface area contributed by atoms with Gasteiger partial charge in [-0.25, -0.2) is 4.98 Å². The molecule has 0 fully saturated rings. The molecule has 0 spiro atoms. The molecule has 0 aromatic carbocycles. The van der Waals surface area contributed by atoms with E-state index >= 15 is 0 Å². The van der Waals surface area contributed by atoms with Gasteiger partial charge in [-0.1, -0.05) is 28.4 Å². The molecule has 2 aromatic heterocycles. The van der Waals surface area contributed by atoms with Crippen LogP contribution in [0.1, 0.15) is 17.0 Å². The first-order valence-corrected chi connectivity index (χ1v) is 5.58. The minimum atomic E-state index is -0.383. The van der Waals surface area contributed by atoms with Crippen LogP contribution in [0.15, 0.2) is 15.6 Å². The van der Waals surface area contributed by atoms with Crippen molar-refractivity contribution >= 4 is 23.2 Å². The maximum Gasteiger partial charge on any atom is 0.273 e. The smallest absolute Gasteiger partial charge is 0.273 e. The van der Waals surface area contributed by atoms with Crippen LogP contribution in [0, 0.1) is 13.8 Å². The molecule has 0 atom stereocenters. The lowest BCUT2D eigenvalue weighted by Gasteiger charge is -2.05. The predicted molar refractivity (Wildman–Crippen MR) is 63.6 cm³/mol. The fraction of sp³-hybridized carbons (Fsp3) is 0.300. The van der Waals surface area contributed by atoms with E-state index in [1.807, 2.05) is 6.92 Å². The van der Waals surface area contributed by atoms with E-state index in [9.17, 15) is 4.79 Å². The lowest BCUT2D eigenvalue weighted by atomic mass is 10.2. The second-order valence-corrected chi connectivity index (χ2v) is 4.32. The summed E-state index contributed by atoms with van der Waals surface area (Å²) in [5.74, 6) is 0.667. The van der Waals surface area contributed by atoms with Crippen LogP contribution in [0.5, 0.6) is 0 Å². The Bertz CT molecular complexity index is 599. The van der Waals surface area contributed by atoms with Crippen molar-refractivity contribution in [3.8, 4) is 0 Å². The maximum absolute atomic E-state index is 11.8. The Kier molecular flexibility index (Phi) is 3.22. The molecule has 0 aliphatic carbocycles. The number of nitrogens with zero attached hydrogens (tertiary/aromatic N) is 3. The van der Waals surface area contributed by atoms with Gasteiger partial charge in [0.1, 0.15) is 10.8 Å². The minimum absolute atomic E-state index is 0.00618. The van der Waals surface area contributed by atoms with Crippen LogP contribution in [0.4, 0.5) is 0 Å². The minimum Gasteiger partial charge on any atom is -0.361 e. The van der Waals surface area contributed by atoms with Crippen LogP contribution in [0.3, 0.4) is 0 Å². The van der Waals surface area contributed by atoms with E-state index in [4.69, 9.17) is 27.7 Å². The molecule has 0 radical (unpaired) electrons. The molecule has 0 N–H and O–H groups in total. The summed E-state index contributed by atoms with van der Waals surface area (Å²) >= 11 is 11.4. The highest BCUT2D eigenvalue weighted by atomic mass is 35.5. The highest BCUT2D eigenvalue weighted by Crippen LogP contribution is 2.15. The first kappa shape index (κ1) is 12.1. The van der Waals surface area contributed by atoms with Crippen molar-refractivity contribution < 1.29 is 4.52 Å². The summed E-state index contributed by atoms with van der Waals surface area (Å²) in [5.41, 5.74) is 1.19. The van der Waals surface area contributed by atoms with Gasteiger partial charge in [0.05, 0.1) is 18.6 Å². The molecule has 7 heteroatoms. The Morgan fingerprint density at radius 3 is 2.71 bits per heavy atom. The molecule has 5 nitrogen and oxygen atoms in total. The zero-order valence-corrected chi connectivity index (χ0v) is 10.7. The number of halogens is 2. The quantitative estimate of drug-likeness (QED) is 0.788. The zero-order chi connectivity index (χ0) is 12.6. The maximum atomic E-state index is 11.8. The molecule has 0 aliphatic rings. The predicted octanol–water partition coefficient (Wildman–Crippen LogP) is 2.20. The monoisotopic (exact) mass is 273 g/mol. The third-order valence-corrected chi connectivity index (χ3v) is 3.17. The van der Waals surface area contributed by atoms with Gasteiger partial charge in [-0.05, 0) is 13.8 Å². The number of aryl methyl sites for hydroxylation is 2. The fourth-order valence-corrected chi connectivity index (χ4v) is 1.74. The molecule has 0 bridgehead atoms. The highest BCUT2D eigenvalue weighted by molar-refractivity contribution is 6.40. The van der Waals surface area contributed by atoms with Gasteiger partial charge in [-0.3, -0.25) is 9.36 Å². The van der Waals surface area contributed by atoms with Crippen molar-refractivity contribution in [3.05, 3.63) is 43.9 Å². The van der Waals surface area contributed by atoms with E-state index < -0.39 is 0 Å².